The zero-order valence-electron chi connectivity index (χ0n) is 14.9. The third kappa shape index (κ3) is 4.03. The van der Waals surface area contributed by atoms with E-state index in [9.17, 15) is 13.6 Å². The summed E-state index contributed by atoms with van der Waals surface area (Å²) >= 11 is 0. The number of ether oxygens (including phenoxy) is 2. The molecule has 1 aliphatic rings. The minimum Gasteiger partial charge on any atom is -0.497 e. The number of benzene rings is 2. The summed E-state index contributed by atoms with van der Waals surface area (Å²) in [6, 6.07) is 8.75. The van der Waals surface area contributed by atoms with Crippen LogP contribution in [0.2, 0.25) is 0 Å². The van der Waals surface area contributed by atoms with Crippen LogP contribution in [0.3, 0.4) is 0 Å². The zero-order valence-corrected chi connectivity index (χ0v) is 14.9. The molecule has 0 aliphatic heterocycles. The Morgan fingerprint density at radius 2 is 1.50 bits per heavy atom. The van der Waals surface area contributed by atoms with Crippen molar-refractivity contribution in [2.45, 2.75) is 38.5 Å². The first-order valence-electron chi connectivity index (χ1n) is 8.83. The van der Waals surface area contributed by atoms with Crippen LogP contribution in [0.25, 0.3) is 0 Å². The Kier molecular flexibility index (Phi) is 5.55. The van der Waals surface area contributed by atoms with E-state index in [2.05, 4.69) is 6.92 Å². The molecule has 0 N–H and O–H groups in total. The topological polar surface area (TPSA) is 35.5 Å². The third-order valence-electron chi connectivity index (χ3n) is 5.03. The van der Waals surface area contributed by atoms with Gasteiger partial charge in [0.05, 0.1) is 7.11 Å². The van der Waals surface area contributed by atoms with Crippen molar-refractivity contribution >= 4 is 5.97 Å². The maximum Gasteiger partial charge on any atom is 0.349 e. The Labute approximate surface area is 151 Å². The lowest BCUT2D eigenvalue weighted by atomic mass is 9.79. The lowest BCUT2D eigenvalue weighted by Gasteiger charge is -2.26. The minimum atomic E-state index is -1.05. The van der Waals surface area contributed by atoms with Crippen LogP contribution < -0.4 is 9.47 Å². The predicted octanol–water partition coefficient (Wildman–Crippen LogP) is 5.49. The number of carbonyl (C=O) groups excluding carboxylic acids is 1. The van der Waals surface area contributed by atoms with Crippen molar-refractivity contribution < 1.29 is 23.0 Å². The highest BCUT2D eigenvalue weighted by molar-refractivity contribution is 5.91. The van der Waals surface area contributed by atoms with E-state index in [-0.39, 0.29) is 11.7 Å². The molecule has 0 amide bonds. The summed E-state index contributed by atoms with van der Waals surface area (Å²) in [5, 5.41) is 0. The summed E-state index contributed by atoms with van der Waals surface area (Å²) in [4.78, 5) is 12.2. The number of hydrogen-bond donors (Lipinski definition) is 0. The number of methoxy groups -OCH3 is 1. The molecule has 0 spiro atoms. The molecular weight excluding hydrogens is 338 g/mol. The van der Waals surface area contributed by atoms with Crippen molar-refractivity contribution in [2.75, 3.05) is 7.11 Å². The maximum atomic E-state index is 14.5. The van der Waals surface area contributed by atoms with Crippen LogP contribution in [0.5, 0.6) is 11.5 Å². The lowest BCUT2D eigenvalue weighted by Crippen LogP contribution is -2.16. The molecule has 1 aliphatic carbocycles. The molecule has 0 atom stereocenters. The maximum absolute atomic E-state index is 14.5. The second-order valence-corrected chi connectivity index (χ2v) is 6.88. The number of halogens is 2. The van der Waals surface area contributed by atoms with Gasteiger partial charge in [0.15, 0.2) is 0 Å². The van der Waals surface area contributed by atoms with Crippen molar-refractivity contribution in [3.63, 3.8) is 0 Å². The normalized spacial score (nSPS) is 19.8. The highest BCUT2D eigenvalue weighted by Crippen LogP contribution is 2.36. The Hall–Kier alpha value is -2.43. The van der Waals surface area contributed by atoms with E-state index in [1.807, 2.05) is 0 Å². The highest BCUT2D eigenvalue weighted by atomic mass is 19.1. The van der Waals surface area contributed by atoms with Gasteiger partial charge in [0, 0.05) is 0 Å². The van der Waals surface area contributed by atoms with Crippen LogP contribution in [0.15, 0.2) is 36.4 Å². The standard InChI is InChI=1S/C21H22F2O3/c1-13-3-5-14(6-4-13)15-11-18(22)20(19(23)12-15)21(24)26-17-9-7-16(25-2)8-10-17/h7-14H,3-6H2,1-2H3. The molecule has 1 fully saturated rings. The van der Waals surface area contributed by atoms with Gasteiger partial charge in [0.1, 0.15) is 28.7 Å². The van der Waals surface area contributed by atoms with Gasteiger partial charge in [-0.3, -0.25) is 0 Å². The van der Waals surface area contributed by atoms with Gasteiger partial charge in [0.2, 0.25) is 0 Å². The molecule has 26 heavy (non-hydrogen) atoms. The van der Waals surface area contributed by atoms with Gasteiger partial charge in [-0.25, -0.2) is 13.6 Å². The minimum absolute atomic E-state index is 0.141. The van der Waals surface area contributed by atoms with E-state index in [4.69, 9.17) is 9.47 Å². The number of carbonyl (C=O) groups is 1. The molecule has 1 saturated carbocycles. The van der Waals surface area contributed by atoms with Gasteiger partial charge in [-0.05, 0) is 66.6 Å². The Balaban J connectivity index is 1.77. The fraction of sp³-hybridized carbons (Fsp3) is 0.381. The quantitative estimate of drug-likeness (QED) is 0.534. The molecule has 2 aromatic carbocycles. The van der Waals surface area contributed by atoms with Crippen LogP contribution in [-0.2, 0) is 0 Å². The van der Waals surface area contributed by atoms with Crippen LogP contribution >= 0.6 is 0 Å². The van der Waals surface area contributed by atoms with Crippen molar-refractivity contribution in [3.8, 4) is 11.5 Å². The van der Waals surface area contributed by atoms with Crippen molar-refractivity contribution in [2.24, 2.45) is 5.92 Å². The van der Waals surface area contributed by atoms with Crippen LogP contribution in [0.1, 0.15) is 54.4 Å². The average molecular weight is 360 g/mol. The first-order valence-corrected chi connectivity index (χ1v) is 8.83. The SMILES string of the molecule is COc1ccc(OC(=O)c2c(F)cc(C3CCC(C)CC3)cc2F)cc1. The summed E-state index contributed by atoms with van der Waals surface area (Å²) in [7, 11) is 1.51. The lowest BCUT2D eigenvalue weighted by molar-refractivity contribution is 0.0724. The van der Waals surface area contributed by atoms with Gasteiger partial charge in [-0.1, -0.05) is 19.8 Å². The van der Waals surface area contributed by atoms with Gasteiger partial charge < -0.3 is 9.47 Å². The molecule has 0 heterocycles. The summed E-state index contributed by atoms with van der Waals surface area (Å²) in [5.74, 6) is -1.22. The third-order valence-corrected chi connectivity index (χ3v) is 5.03. The molecular formula is C21H22F2O3. The molecule has 5 heteroatoms. The van der Waals surface area contributed by atoms with Crippen molar-refractivity contribution in [3.05, 3.63) is 59.2 Å². The molecule has 0 aromatic heterocycles. The molecule has 0 radical (unpaired) electrons. The zero-order chi connectivity index (χ0) is 18.7. The van der Waals surface area contributed by atoms with Crippen LogP contribution in [-0.4, -0.2) is 13.1 Å². The predicted molar refractivity (Wildman–Crippen MR) is 94.7 cm³/mol. The highest BCUT2D eigenvalue weighted by Gasteiger charge is 2.25. The Morgan fingerprint density at radius 1 is 0.962 bits per heavy atom. The van der Waals surface area contributed by atoms with Crippen molar-refractivity contribution in [1.82, 2.24) is 0 Å². The van der Waals surface area contributed by atoms with E-state index in [1.54, 1.807) is 12.1 Å². The van der Waals surface area contributed by atoms with Crippen LogP contribution in [0, 0.1) is 17.6 Å². The van der Waals surface area contributed by atoms with E-state index < -0.39 is 23.2 Å². The molecule has 138 valence electrons. The van der Waals surface area contributed by atoms with Gasteiger partial charge in [-0.2, -0.15) is 0 Å². The fourth-order valence-corrected chi connectivity index (χ4v) is 3.42. The Morgan fingerprint density at radius 3 is 2.04 bits per heavy atom. The fourth-order valence-electron chi connectivity index (χ4n) is 3.42. The van der Waals surface area contributed by atoms with Crippen molar-refractivity contribution in [1.29, 1.82) is 0 Å². The average Bonchev–Trinajstić information content (AvgIpc) is 2.62. The second-order valence-electron chi connectivity index (χ2n) is 6.88. The van der Waals surface area contributed by atoms with E-state index in [0.29, 0.717) is 17.2 Å². The number of hydrogen-bond acceptors (Lipinski definition) is 3. The second kappa shape index (κ2) is 7.85. The molecule has 3 nitrogen and oxygen atoms in total. The molecule has 0 unspecified atom stereocenters. The summed E-state index contributed by atoms with van der Waals surface area (Å²) in [5.41, 5.74) is -0.0401. The summed E-state index contributed by atoms with van der Waals surface area (Å²) in [6.07, 6.45) is 3.93. The monoisotopic (exact) mass is 360 g/mol. The first kappa shape index (κ1) is 18.4. The van der Waals surface area contributed by atoms with Gasteiger partial charge >= 0.3 is 5.97 Å². The first-order chi connectivity index (χ1) is 12.5. The Bertz CT molecular complexity index is 755. The molecule has 0 saturated heterocycles. The summed E-state index contributed by atoms with van der Waals surface area (Å²) < 4.78 is 39.0. The number of rotatable bonds is 4. The molecule has 2 aromatic rings. The van der Waals surface area contributed by atoms with E-state index >= 15 is 0 Å². The summed E-state index contributed by atoms with van der Waals surface area (Å²) in [6.45, 7) is 2.19. The molecule has 0 bridgehead atoms. The smallest absolute Gasteiger partial charge is 0.349 e. The van der Waals surface area contributed by atoms with Gasteiger partial charge in [-0.15, -0.1) is 0 Å². The van der Waals surface area contributed by atoms with Gasteiger partial charge in [0.25, 0.3) is 0 Å². The largest absolute Gasteiger partial charge is 0.497 e. The number of esters is 1. The van der Waals surface area contributed by atoms with E-state index in [0.717, 1.165) is 25.7 Å². The van der Waals surface area contributed by atoms with Crippen LogP contribution in [0.4, 0.5) is 8.78 Å². The van der Waals surface area contributed by atoms with E-state index in [1.165, 1.54) is 31.4 Å². The molecule has 3 rings (SSSR count).